The molecule has 1 atom stereocenters. The SMILES string of the molecule is COC(=O)C(C)CN(Cc1ccncc1)C(=O)c1ccc(OC)c([N+](=O)[O-])c1. The summed E-state index contributed by atoms with van der Waals surface area (Å²) in [6, 6.07) is 7.50. The summed E-state index contributed by atoms with van der Waals surface area (Å²) in [5.41, 5.74) is 0.625. The minimum absolute atomic E-state index is 0.0603. The van der Waals surface area contributed by atoms with E-state index in [4.69, 9.17) is 9.47 Å². The highest BCUT2D eigenvalue weighted by atomic mass is 16.6. The van der Waals surface area contributed by atoms with Crippen molar-refractivity contribution in [3.8, 4) is 5.75 Å². The molecule has 1 aromatic carbocycles. The molecule has 0 aliphatic rings. The Bertz CT molecular complexity index is 856. The van der Waals surface area contributed by atoms with E-state index in [-0.39, 0.29) is 30.1 Å². The zero-order valence-electron chi connectivity index (χ0n) is 15.8. The van der Waals surface area contributed by atoms with Crippen LogP contribution in [0.1, 0.15) is 22.8 Å². The second kappa shape index (κ2) is 9.45. The molecule has 0 aliphatic heterocycles. The van der Waals surface area contributed by atoms with Crippen molar-refractivity contribution in [2.45, 2.75) is 13.5 Å². The highest BCUT2D eigenvalue weighted by Gasteiger charge is 2.25. The highest BCUT2D eigenvalue weighted by molar-refractivity contribution is 5.95. The van der Waals surface area contributed by atoms with Crippen LogP contribution in [0.2, 0.25) is 0 Å². The van der Waals surface area contributed by atoms with Gasteiger partial charge in [0, 0.05) is 37.1 Å². The number of hydrogen-bond acceptors (Lipinski definition) is 7. The second-order valence-corrected chi connectivity index (χ2v) is 6.11. The number of nitro benzene ring substituents is 1. The largest absolute Gasteiger partial charge is 0.490 e. The van der Waals surface area contributed by atoms with Gasteiger partial charge in [0.15, 0.2) is 5.75 Å². The average Bonchev–Trinajstić information content (AvgIpc) is 2.72. The molecule has 28 heavy (non-hydrogen) atoms. The summed E-state index contributed by atoms with van der Waals surface area (Å²) in [7, 11) is 2.60. The summed E-state index contributed by atoms with van der Waals surface area (Å²) < 4.78 is 9.71. The van der Waals surface area contributed by atoms with Crippen LogP contribution in [0.3, 0.4) is 0 Å². The van der Waals surface area contributed by atoms with Crippen molar-refractivity contribution in [3.63, 3.8) is 0 Å². The Morgan fingerprint density at radius 1 is 1.21 bits per heavy atom. The molecule has 148 valence electrons. The number of methoxy groups -OCH3 is 2. The normalized spacial score (nSPS) is 11.4. The van der Waals surface area contributed by atoms with E-state index in [0.29, 0.717) is 0 Å². The first kappa shape index (κ1) is 20.8. The topological polar surface area (TPSA) is 112 Å². The first-order chi connectivity index (χ1) is 13.4. The lowest BCUT2D eigenvalue weighted by molar-refractivity contribution is -0.385. The van der Waals surface area contributed by atoms with Crippen molar-refractivity contribution in [2.24, 2.45) is 5.92 Å². The predicted molar refractivity (Wildman–Crippen MR) is 99.8 cm³/mol. The Kier molecular flexibility index (Phi) is 7.02. The summed E-state index contributed by atoms with van der Waals surface area (Å²) in [5.74, 6) is -1.40. The van der Waals surface area contributed by atoms with Gasteiger partial charge in [0.05, 0.1) is 25.1 Å². The van der Waals surface area contributed by atoms with Gasteiger partial charge < -0.3 is 14.4 Å². The minimum Gasteiger partial charge on any atom is -0.490 e. The number of pyridine rings is 1. The van der Waals surface area contributed by atoms with E-state index in [1.807, 2.05) is 0 Å². The van der Waals surface area contributed by atoms with E-state index in [9.17, 15) is 19.7 Å². The molecule has 1 aromatic heterocycles. The van der Waals surface area contributed by atoms with Gasteiger partial charge in [-0.1, -0.05) is 6.92 Å². The van der Waals surface area contributed by atoms with Crippen LogP contribution in [0, 0.1) is 16.0 Å². The van der Waals surface area contributed by atoms with E-state index in [1.165, 1.54) is 37.3 Å². The zero-order valence-corrected chi connectivity index (χ0v) is 15.8. The number of hydrogen-bond donors (Lipinski definition) is 0. The molecule has 0 saturated heterocycles. The van der Waals surface area contributed by atoms with Crippen LogP contribution in [0.25, 0.3) is 0 Å². The summed E-state index contributed by atoms with van der Waals surface area (Å²) in [6.45, 7) is 1.95. The lowest BCUT2D eigenvalue weighted by atomic mass is 10.1. The molecule has 9 heteroatoms. The molecule has 2 rings (SSSR count). The summed E-state index contributed by atoms with van der Waals surface area (Å²) >= 11 is 0. The van der Waals surface area contributed by atoms with Crippen LogP contribution < -0.4 is 4.74 Å². The first-order valence-electron chi connectivity index (χ1n) is 8.45. The quantitative estimate of drug-likeness (QED) is 0.388. The first-order valence-corrected chi connectivity index (χ1v) is 8.45. The van der Waals surface area contributed by atoms with Crippen LogP contribution in [0.5, 0.6) is 5.75 Å². The van der Waals surface area contributed by atoms with Crippen LogP contribution in [-0.2, 0) is 16.1 Å². The zero-order chi connectivity index (χ0) is 20.7. The van der Waals surface area contributed by atoms with Gasteiger partial charge in [0.2, 0.25) is 0 Å². The Labute approximate surface area is 162 Å². The van der Waals surface area contributed by atoms with Gasteiger partial charge >= 0.3 is 11.7 Å². The third-order valence-corrected chi connectivity index (χ3v) is 4.13. The Hall–Kier alpha value is -3.49. The number of ether oxygens (including phenoxy) is 2. The Balaban J connectivity index is 2.35. The molecule has 0 aliphatic carbocycles. The van der Waals surface area contributed by atoms with Gasteiger partial charge in [0.1, 0.15) is 0 Å². The number of benzene rings is 1. The van der Waals surface area contributed by atoms with Crippen molar-refractivity contribution in [2.75, 3.05) is 20.8 Å². The smallest absolute Gasteiger partial charge is 0.311 e. The molecule has 1 heterocycles. The maximum Gasteiger partial charge on any atom is 0.311 e. The summed E-state index contributed by atoms with van der Waals surface area (Å²) in [4.78, 5) is 40.9. The van der Waals surface area contributed by atoms with E-state index in [0.717, 1.165) is 5.56 Å². The van der Waals surface area contributed by atoms with Crippen LogP contribution in [-0.4, -0.2) is 47.4 Å². The molecule has 1 amide bonds. The van der Waals surface area contributed by atoms with E-state index < -0.39 is 22.7 Å². The molecule has 0 fully saturated rings. The summed E-state index contributed by atoms with van der Waals surface area (Å²) in [6.07, 6.45) is 3.19. The molecule has 0 N–H and O–H groups in total. The van der Waals surface area contributed by atoms with Crippen molar-refractivity contribution >= 4 is 17.6 Å². The van der Waals surface area contributed by atoms with Gasteiger partial charge in [-0.05, 0) is 29.8 Å². The second-order valence-electron chi connectivity index (χ2n) is 6.11. The molecule has 0 bridgehead atoms. The summed E-state index contributed by atoms with van der Waals surface area (Å²) in [5, 5.41) is 11.3. The van der Waals surface area contributed by atoms with Crippen molar-refractivity contribution in [3.05, 3.63) is 64.0 Å². The van der Waals surface area contributed by atoms with E-state index >= 15 is 0 Å². The third kappa shape index (κ3) is 5.03. The Morgan fingerprint density at radius 3 is 2.46 bits per heavy atom. The number of rotatable bonds is 8. The fourth-order valence-electron chi connectivity index (χ4n) is 2.68. The molecule has 0 radical (unpaired) electrons. The maximum absolute atomic E-state index is 13.1. The molecule has 0 spiro atoms. The molecular weight excluding hydrogens is 366 g/mol. The van der Waals surface area contributed by atoms with E-state index in [1.54, 1.807) is 31.5 Å². The molecular formula is C19H21N3O6. The van der Waals surface area contributed by atoms with Crippen LogP contribution >= 0.6 is 0 Å². The maximum atomic E-state index is 13.1. The number of esters is 1. The van der Waals surface area contributed by atoms with Crippen molar-refractivity contribution < 1.29 is 24.0 Å². The van der Waals surface area contributed by atoms with Gasteiger partial charge in [-0.2, -0.15) is 0 Å². The molecule has 9 nitrogen and oxygen atoms in total. The number of nitro groups is 1. The van der Waals surface area contributed by atoms with Gasteiger partial charge in [-0.3, -0.25) is 24.7 Å². The molecule has 1 unspecified atom stereocenters. The molecule has 2 aromatic rings. The van der Waals surface area contributed by atoms with Crippen molar-refractivity contribution in [1.29, 1.82) is 0 Å². The standard InChI is InChI=1S/C19H21N3O6/c1-13(19(24)28-3)11-21(12-14-6-8-20-9-7-14)18(23)15-4-5-17(27-2)16(10-15)22(25)26/h4-10,13H,11-12H2,1-3H3. The monoisotopic (exact) mass is 387 g/mol. The van der Waals surface area contributed by atoms with Gasteiger partial charge in [-0.15, -0.1) is 0 Å². The molecule has 0 saturated carbocycles. The van der Waals surface area contributed by atoms with E-state index in [2.05, 4.69) is 4.98 Å². The van der Waals surface area contributed by atoms with Gasteiger partial charge in [-0.25, -0.2) is 0 Å². The van der Waals surface area contributed by atoms with Crippen LogP contribution in [0.15, 0.2) is 42.7 Å². The lowest BCUT2D eigenvalue weighted by Gasteiger charge is -2.25. The van der Waals surface area contributed by atoms with Gasteiger partial charge in [0.25, 0.3) is 5.91 Å². The average molecular weight is 387 g/mol. The lowest BCUT2D eigenvalue weighted by Crippen LogP contribution is -2.37. The number of nitrogens with zero attached hydrogens (tertiary/aromatic N) is 3. The van der Waals surface area contributed by atoms with Crippen molar-refractivity contribution in [1.82, 2.24) is 9.88 Å². The highest BCUT2D eigenvalue weighted by Crippen LogP contribution is 2.28. The third-order valence-electron chi connectivity index (χ3n) is 4.13. The number of carbonyl (C=O) groups is 2. The fraction of sp³-hybridized carbons (Fsp3) is 0.316. The Morgan fingerprint density at radius 2 is 1.89 bits per heavy atom. The fourth-order valence-corrected chi connectivity index (χ4v) is 2.68. The predicted octanol–water partition coefficient (Wildman–Crippen LogP) is 2.45. The number of carbonyl (C=O) groups excluding carboxylic acids is 2. The number of amides is 1. The van der Waals surface area contributed by atoms with Crippen LogP contribution in [0.4, 0.5) is 5.69 Å². The minimum atomic E-state index is -0.611. The number of aromatic nitrogens is 1.